The van der Waals surface area contributed by atoms with Gasteiger partial charge in [0.15, 0.2) is 12.6 Å². The Kier molecular flexibility index (Phi) is 53.0. The summed E-state index contributed by atoms with van der Waals surface area (Å²) in [6.07, 6.45) is 57.6. The third-order valence-corrected chi connectivity index (χ3v) is 17.5. The van der Waals surface area contributed by atoms with E-state index in [4.69, 9.17) is 18.9 Å². The molecule has 14 nitrogen and oxygen atoms in total. The highest BCUT2D eigenvalue weighted by atomic mass is 16.7. The molecular weight excluding hydrogens is 1090 g/mol. The minimum absolute atomic E-state index is 0.253. The van der Waals surface area contributed by atoms with Crippen LogP contribution in [0, 0.1) is 0 Å². The van der Waals surface area contributed by atoms with Gasteiger partial charge in [-0.3, -0.25) is 4.79 Å². The first-order valence-electron chi connectivity index (χ1n) is 35.9. The topological polar surface area (TPSA) is 228 Å². The summed E-state index contributed by atoms with van der Waals surface area (Å²) in [7, 11) is 0. The number of unbranched alkanes of at least 4 members (excludes halogenated alkanes) is 40. The summed E-state index contributed by atoms with van der Waals surface area (Å²) < 4.78 is 22.8. The number of rotatable bonds is 59. The Bertz CT molecular complexity index is 1630. The molecule has 9 N–H and O–H groups in total. The van der Waals surface area contributed by atoms with E-state index >= 15 is 0 Å². The second-order valence-corrected chi connectivity index (χ2v) is 25.3. The molecule has 2 aliphatic rings. The van der Waals surface area contributed by atoms with E-state index in [0.29, 0.717) is 12.8 Å². The van der Waals surface area contributed by atoms with Gasteiger partial charge in [-0.05, 0) is 70.6 Å². The van der Waals surface area contributed by atoms with Gasteiger partial charge in [-0.25, -0.2) is 0 Å². The highest BCUT2D eigenvalue weighted by Crippen LogP contribution is 2.30. The Morgan fingerprint density at radius 1 is 0.407 bits per heavy atom. The minimum Gasteiger partial charge on any atom is -0.394 e. The summed E-state index contributed by atoms with van der Waals surface area (Å²) >= 11 is 0. The summed E-state index contributed by atoms with van der Waals surface area (Å²) in [5.74, 6) is -0.253. The Morgan fingerprint density at radius 2 is 0.744 bits per heavy atom. The van der Waals surface area contributed by atoms with Crippen LogP contribution in [-0.4, -0.2) is 140 Å². The quantitative estimate of drug-likeness (QED) is 0.0204. The van der Waals surface area contributed by atoms with Crippen molar-refractivity contribution in [1.82, 2.24) is 5.32 Å². The molecular formula is C72H133NO13. The van der Waals surface area contributed by atoms with Gasteiger partial charge in [-0.2, -0.15) is 0 Å². The van der Waals surface area contributed by atoms with Crippen molar-refractivity contribution < 1.29 is 64.6 Å². The minimum atomic E-state index is -1.79. The smallest absolute Gasteiger partial charge is 0.220 e. The monoisotopic (exact) mass is 1220 g/mol. The molecule has 12 unspecified atom stereocenters. The molecule has 0 radical (unpaired) electrons. The third kappa shape index (κ3) is 40.6. The Hall–Kier alpha value is -2.05. The van der Waals surface area contributed by atoms with E-state index in [9.17, 15) is 45.6 Å². The lowest BCUT2D eigenvalue weighted by Gasteiger charge is -2.46. The number of carbonyl (C=O) groups is 1. The molecule has 2 aliphatic heterocycles. The number of aliphatic hydroxyl groups is 8. The number of carbonyl (C=O) groups excluding carboxylic acids is 1. The molecule has 2 heterocycles. The van der Waals surface area contributed by atoms with Gasteiger partial charge >= 0.3 is 0 Å². The standard InChI is InChI=1S/C72H133NO13/c1-3-5-7-9-11-13-15-17-19-21-23-24-25-26-27-28-29-30-31-32-33-34-35-36-38-39-41-43-45-47-49-51-53-55-61(76)60(73-64(77)56-54-52-50-48-46-44-42-40-37-22-20-18-16-14-12-10-8-6-4-2)59-83-71-69(82)67(80)70(63(58-75)85-71)86-72-68(81)66(79)65(78)62(57-74)84-72/h18,20,38-39,45,47,53,55,60-63,65-72,74-76,78-82H,3-17,19,21-37,40-44,46,48-52,54,56-59H2,1-2H3,(H,73,77)/b20-18-,39-38+,47-45+,55-53+. The lowest BCUT2D eigenvalue weighted by Crippen LogP contribution is -2.65. The SMILES string of the molecule is CCCCCCCC/C=C\CCCCCCCCCCCC(=O)NC(COC1OC(CO)C(OC2OC(CO)C(O)C(O)C2O)C(O)C1O)C(O)/C=C/CC/C=C/CC/C=C/CCCCCCCCCCCCCCCCCCCCCCCCC. The molecule has 1 amide bonds. The van der Waals surface area contributed by atoms with Crippen LogP contribution in [0.1, 0.15) is 309 Å². The average Bonchev–Trinajstić information content (AvgIpc) is 2.46. The summed E-state index contributed by atoms with van der Waals surface area (Å²) in [5, 5.41) is 87.4. The van der Waals surface area contributed by atoms with Gasteiger partial charge in [0.05, 0.1) is 32.0 Å². The van der Waals surface area contributed by atoms with Crippen LogP contribution in [0.3, 0.4) is 0 Å². The molecule has 86 heavy (non-hydrogen) atoms. The van der Waals surface area contributed by atoms with Gasteiger partial charge in [-0.15, -0.1) is 0 Å². The Morgan fingerprint density at radius 3 is 1.14 bits per heavy atom. The third-order valence-electron chi connectivity index (χ3n) is 17.5. The maximum absolute atomic E-state index is 13.3. The molecule has 2 fully saturated rings. The predicted octanol–water partition coefficient (Wildman–Crippen LogP) is 14.7. The van der Waals surface area contributed by atoms with Crippen LogP contribution in [0.25, 0.3) is 0 Å². The van der Waals surface area contributed by atoms with E-state index in [1.165, 1.54) is 231 Å². The molecule has 14 heteroatoms. The normalized spacial score (nSPS) is 23.7. The lowest BCUT2D eigenvalue weighted by atomic mass is 9.97. The van der Waals surface area contributed by atoms with Gasteiger partial charge in [0.2, 0.25) is 5.91 Å². The van der Waals surface area contributed by atoms with Crippen LogP contribution < -0.4 is 5.32 Å². The summed E-state index contributed by atoms with van der Waals surface area (Å²) in [6.45, 7) is 2.81. The zero-order valence-electron chi connectivity index (χ0n) is 54.8. The van der Waals surface area contributed by atoms with Crippen LogP contribution >= 0.6 is 0 Å². The maximum Gasteiger partial charge on any atom is 0.220 e. The van der Waals surface area contributed by atoms with E-state index in [-0.39, 0.29) is 18.9 Å². The number of hydrogen-bond acceptors (Lipinski definition) is 13. The van der Waals surface area contributed by atoms with Gasteiger partial charge in [-0.1, -0.05) is 281 Å². The number of hydrogen-bond donors (Lipinski definition) is 9. The molecule has 2 saturated heterocycles. The number of ether oxygens (including phenoxy) is 4. The number of amides is 1. The molecule has 0 aromatic carbocycles. The molecule has 0 saturated carbocycles. The fourth-order valence-electron chi connectivity index (χ4n) is 11.7. The van der Waals surface area contributed by atoms with Crippen molar-refractivity contribution >= 4 is 5.91 Å². The van der Waals surface area contributed by atoms with Crippen LogP contribution in [0.2, 0.25) is 0 Å². The Balaban J connectivity index is 1.68. The van der Waals surface area contributed by atoms with Crippen LogP contribution in [-0.2, 0) is 23.7 Å². The molecule has 0 aromatic heterocycles. The van der Waals surface area contributed by atoms with Crippen molar-refractivity contribution in [3.05, 3.63) is 48.6 Å². The summed E-state index contributed by atoms with van der Waals surface area (Å²) in [5.41, 5.74) is 0. The summed E-state index contributed by atoms with van der Waals surface area (Å²) in [6, 6.07) is -0.941. The first-order chi connectivity index (χ1) is 42.1. The van der Waals surface area contributed by atoms with Gasteiger partial charge < -0.3 is 65.1 Å². The average molecular weight is 1220 g/mol. The number of nitrogens with one attached hydrogen (secondary N) is 1. The van der Waals surface area contributed by atoms with E-state index in [2.05, 4.69) is 55.6 Å². The van der Waals surface area contributed by atoms with Gasteiger partial charge in [0.25, 0.3) is 0 Å². The maximum atomic E-state index is 13.3. The Labute approximate surface area is 524 Å². The zero-order chi connectivity index (χ0) is 62.3. The zero-order valence-corrected chi connectivity index (χ0v) is 54.8. The number of aliphatic hydroxyl groups excluding tert-OH is 8. The van der Waals surface area contributed by atoms with E-state index in [1.807, 2.05) is 6.08 Å². The highest BCUT2D eigenvalue weighted by Gasteiger charge is 2.51. The highest BCUT2D eigenvalue weighted by molar-refractivity contribution is 5.76. The second kappa shape index (κ2) is 56.9. The largest absolute Gasteiger partial charge is 0.394 e. The van der Waals surface area contributed by atoms with Crippen molar-refractivity contribution in [2.45, 2.75) is 383 Å². The molecule has 0 spiro atoms. The second-order valence-electron chi connectivity index (χ2n) is 25.3. The van der Waals surface area contributed by atoms with Crippen LogP contribution in [0.15, 0.2) is 48.6 Å². The van der Waals surface area contributed by atoms with E-state index in [0.717, 1.165) is 44.9 Å². The molecule has 0 aliphatic carbocycles. The van der Waals surface area contributed by atoms with Crippen molar-refractivity contribution in [3.8, 4) is 0 Å². The predicted molar refractivity (Wildman–Crippen MR) is 351 cm³/mol. The first-order valence-corrected chi connectivity index (χ1v) is 35.9. The fraction of sp³-hybridized carbons (Fsp3) is 0.875. The fourth-order valence-corrected chi connectivity index (χ4v) is 11.7. The molecule has 2 rings (SSSR count). The summed E-state index contributed by atoms with van der Waals surface area (Å²) in [4.78, 5) is 13.3. The lowest BCUT2D eigenvalue weighted by molar-refractivity contribution is -0.359. The molecule has 0 bridgehead atoms. The van der Waals surface area contributed by atoms with Crippen molar-refractivity contribution in [2.24, 2.45) is 0 Å². The molecule has 0 aromatic rings. The van der Waals surface area contributed by atoms with E-state index in [1.54, 1.807) is 6.08 Å². The number of allylic oxidation sites excluding steroid dienone is 7. The molecule has 12 atom stereocenters. The van der Waals surface area contributed by atoms with Crippen LogP contribution in [0.4, 0.5) is 0 Å². The van der Waals surface area contributed by atoms with E-state index < -0.39 is 86.8 Å². The van der Waals surface area contributed by atoms with Gasteiger partial charge in [0.1, 0.15) is 48.8 Å². The van der Waals surface area contributed by atoms with Gasteiger partial charge in [0, 0.05) is 6.42 Å². The van der Waals surface area contributed by atoms with Crippen LogP contribution in [0.5, 0.6) is 0 Å². The molecule has 504 valence electrons. The van der Waals surface area contributed by atoms with Crippen molar-refractivity contribution in [2.75, 3.05) is 19.8 Å². The van der Waals surface area contributed by atoms with Crippen molar-refractivity contribution in [1.29, 1.82) is 0 Å². The first kappa shape index (κ1) is 80.0. The van der Waals surface area contributed by atoms with Crippen molar-refractivity contribution in [3.63, 3.8) is 0 Å².